The van der Waals surface area contributed by atoms with E-state index >= 15 is 0 Å². The molecule has 0 spiro atoms. The van der Waals surface area contributed by atoms with Gasteiger partial charge in [-0.25, -0.2) is 0 Å². The Morgan fingerprint density at radius 3 is 1.24 bits per heavy atom. The van der Waals surface area contributed by atoms with Crippen molar-refractivity contribution in [1.82, 2.24) is 0 Å². The highest BCUT2D eigenvalue weighted by Gasteiger charge is 2.02. The van der Waals surface area contributed by atoms with Gasteiger partial charge >= 0.3 is 0 Å². The van der Waals surface area contributed by atoms with E-state index < -0.39 is 0 Å². The van der Waals surface area contributed by atoms with Crippen LogP contribution in [0, 0.1) is 0 Å². The summed E-state index contributed by atoms with van der Waals surface area (Å²) in [5, 5.41) is 0.437. The molecule has 0 saturated heterocycles. The molecule has 0 heterocycles. The molecule has 0 aliphatic heterocycles. The maximum Gasteiger partial charge on any atom is 0.0336 e. The molecule has 1 heteroatoms. The standard InChI is InChI=1S/C20H41Cl/c1-3-5-6-7-8-9-10-11-12-13-14-15-16-17-19-20(21)18-4-2/h20H,3-19H2,1-2H3. The van der Waals surface area contributed by atoms with Crippen molar-refractivity contribution >= 4 is 11.6 Å². The predicted molar refractivity (Wildman–Crippen MR) is 99.5 cm³/mol. The minimum absolute atomic E-state index is 0.437. The van der Waals surface area contributed by atoms with Crippen LogP contribution in [0.5, 0.6) is 0 Å². The maximum atomic E-state index is 6.23. The van der Waals surface area contributed by atoms with Gasteiger partial charge in [-0.05, 0) is 12.8 Å². The summed E-state index contributed by atoms with van der Waals surface area (Å²) in [6, 6.07) is 0. The van der Waals surface area contributed by atoms with Crippen molar-refractivity contribution in [3.8, 4) is 0 Å². The summed E-state index contributed by atoms with van der Waals surface area (Å²) in [7, 11) is 0. The van der Waals surface area contributed by atoms with Gasteiger partial charge in [0.1, 0.15) is 0 Å². The third kappa shape index (κ3) is 18.2. The molecular formula is C20H41Cl. The number of hydrogen-bond acceptors (Lipinski definition) is 0. The Bertz CT molecular complexity index is 179. The minimum Gasteiger partial charge on any atom is -0.123 e. The number of halogens is 1. The summed E-state index contributed by atoms with van der Waals surface area (Å²) in [4.78, 5) is 0. The van der Waals surface area contributed by atoms with Gasteiger partial charge in [0.25, 0.3) is 0 Å². The van der Waals surface area contributed by atoms with Crippen LogP contribution in [-0.4, -0.2) is 5.38 Å². The fourth-order valence-corrected chi connectivity index (χ4v) is 3.39. The molecule has 0 aliphatic rings. The van der Waals surface area contributed by atoms with E-state index in [0.29, 0.717) is 5.38 Å². The molecule has 0 saturated carbocycles. The zero-order chi connectivity index (χ0) is 15.6. The smallest absolute Gasteiger partial charge is 0.0336 e. The number of rotatable bonds is 17. The fourth-order valence-electron chi connectivity index (χ4n) is 3.02. The van der Waals surface area contributed by atoms with Gasteiger partial charge in [0.2, 0.25) is 0 Å². The average molecular weight is 317 g/mol. The number of unbranched alkanes of at least 4 members (excludes halogenated alkanes) is 13. The first-order valence-electron chi connectivity index (χ1n) is 9.95. The lowest BCUT2D eigenvalue weighted by Gasteiger charge is -2.07. The molecule has 0 aromatic heterocycles. The summed E-state index contributed by atoms with van der Waals surface area (Å²) >= 11 is 6.23. The largest absolute Gasteiger partial charge is 0.123 e. The van der Waals surface area contributed by atoms with Gasteiger partial charge in [-0.15, -0.1) is 11.6 Å². The summed E-state index contributed by atoms with van der Waals surface area (Å²) in [5.74, 6) is 0. The molecule has 21 heavy (non-hydrogen) atoms. The van der Waals surface area contributed by atoms with Crippen molar-refractivity contribution in [2.24, 2.45) is 0 Å². The molecule has 0 aromatic carbocycles. The van der Waals surface area contributed by atoms with Crippen LogP contribution < -0.4 is 0 Å². The molecule has 0 aliphatic carbocycles. The third-order valence-corrected chi connectivity index (χ3v) is 4.91. The minimum atomic E-state index is 0.437. The lowest BCUT2D eigenvalue weighted by atomic mass is 10.0. The highest BCUT2D eigenvalue weighted by atomic mass is 35.5. The first kappa shape index (κ1) is 21.3. The summed E-state index contributed by atoms with van der Waals surface area (Å²) in [6.45, 7) is 4.51. The summed E-state index contributed by atoms with van der Waals surface area (Å²) in [6.07, 6.45) is 23.8. The Morgan fingerprint density at radius 1 is 0.476 bits per heavy atom. The van der Waals surface area contributed by atoms with Crippen molar-refractivity contribution in [2.75, 3.05) is 0 Å². The number of hydrogen-bond donors (Lipinski definition) is 0. The van der Waals surface area contributed by atoms with Crippen molar-refractivity contribution in [3.05, 3.63) is 0 Å². The predicted octanol–water partition coefficient (Wildman–Crippen LogP) is 8.27. The molecule has 0 nitrogen and oxygen atoms in total. The lowest BCUT2D eigenvalue weighted by Crippen LogP contribution is -1.97. The fraction of sp³-hybridized carbons (Fsp3) is 1.00. The second-order valence-electron chi connectivity index (χ2n) is 6.77. The van der Waals surface area contributed by atoms with Crippen molar-refractivity contribution in [1.29, 1.82) is 0 Å². The van der Waals surface area contributed by atoms with E-state index in [2.05, 4.69) is 13.8 Å². The van der Waals surface area contributed by atoms with Crippen molar-refractivity contribution in [3.63, 3.8) is 0 Å². The van der Waals surface area contributed by atoms with Crippen LogP contribution in [0.3, 0.4) is 0 Å². The molecule has 0 amide bonds. The molecule has 1 unspecified atom stereocenters. The van der Waals surface area contributed by atoms with Gasteiger partial charge in [0.05, 0.1) is 0 Å². The Hall–Kier alpha value is 0.290. The van der Waals surface area contributed by atoms with Crippen LogP contribution in [0.25, 0.3) is 0 Å². The van der Waals surface area contributed by atoms with Crippen LogP contribution in [0.4, 0.5) is 0 Å². The first-order valence-corrected chi connectivity index (χ1v) is 10.4. The normalized spacial score (nSPS) is 12.7. The van der Waals surface area contributed by atoms with Crippen LogP contribution in [-0.2, 0) is 0 Å². The van der Waals surface area contributed by atoms with Gasteiger partial charge in [-0.3, -0.25) is 0 Å². The maximum absolute atomic E-state index is 6.23. The second kappa shape index (κ2) is 18.3. The van der Waals surface area contributed by atoms with E-state index in [9.17, 15) is 0 Å². The van der Waals surface area contributed by atoms with Crippen LogP contribution >= 0.6 is 11.6 Å². The Balaban J connectivity index is 2.99. The molecule has 0 N–H and O–H groups in total. The molecule has 0 bridgehead atoms. The molecule has 0 aromatic rings. The van der Waals surface area contributed by atoms with E-state index in [4.69, 9.17) is 11.6 Å². The SMILES string of the molecule is CCCCCCCCCCCCCCCCC(Cl)CCC. The van der Waals surface area contributed by atoms with E-state index in [1.807, 2.05) is 0 Å². The highest BCUT2D eigenvalue weighted by Crippen LogP contribution is 2.16. The topological polar surface area (TPSA) is 0 Å². The first-order chi connectivity index (χ1) is 10.3. The van der Waals surface area contributed by atoms with Crippen molar-refractivity contribution in [2.45, 2.75) is 128 Å². The van der Waals surface area contributed by atoms with E-state index in [0.717, 1.165) is 0 Å². The summed E-state index contributed by atoms with van der Waals surface area (Å²) < 4.78 is 0. The Morgan fingerprint density at radius 2 is 0.857 bits per heavy atom. The van der Waals surface area contributed by atoms with Crippen molar-refractivity contribution < 1.29 is 0 Å². The van der Waals surface area contributed by atoms with Crippen LogP contribution in [0.2, 0.25) is 0 Å². The van der Waals surface area contributed by atoms with E-state index in [1.165, 1.54) is 109 Å². The van der Waals surface area contributed by atoms with Gasteiger partial charge in [0, 0.05) is 5.38 Å². The van der Waals surface area contributed by atoms with E-state index in [-0.39, 0.29) is 0 Å². The molecule has 0 rings (SSSR count). The summed E-state index contributed by atoms with van der Waals surface area (Å²) in [5.41, 5.74) is 0. The quantitative estimate of drug-likeness (QED) is 0.187. The second-order valence-corrected chi connectivity index (χ2v) is 7.39. The molecule has 0 radical (unpaired) electrons. The molecule has 128 valence electrons. The number of alkyl halides is 1. The lowest BCUT2D eigenvalue weighted by molar-refractivity contribution is 0.527. The molecule has 0 fully saturated rings. The third-order valence-electron chi connectivity index (χ3n) is 4.47. The van der Waals surface area contributed by atoms with Gasteiger partial charge in [-0.2, -0.15) is 0 Å². The van der Waals surface area contributed by atoms with Crippen LogP contribution in [0.1, 0.15) is 123 Å². The Kier molecular flexibility index (Phi) is 18.6. The van der Waals surface area contributed by atoms with Gasteiger partial charge in [-0.1, -0.05) is 110 Å². The van der Waals surface area contributed by atoms with Crippen LogP contribution in [0.15, 0.2) is 0 Å². The average Bonchev–Trinajstić information content (AvgIpc) is 2.48. The highest BCUT2D eigenvalue weighted by molar-refractivity contribution is 6.20. The van der Waals surface area contributed by atoms with Gasteiger partial charge < -0.3 is 0 Å². The zero-order valence-electron chi connectivity index (χ0n) is 15.0. The monoisotopic (exact) mass is 316 g/mol. The van der Waals surface area contributed by atoms with Gasteiger partial charge in [0.15, 0.2) is 0 Å². The molecular weight excluding hydrogens is 276 g/mol. The Labute approximate surface area is 140 Å². The zero-order valence-corrected chi connectivity index (χ0v) is 15.7. The molecule has 1 atom stereocenters. The van der Waals surface area contributed by atoms with E-state index in [1.54, 1.807) is 0 Å².